The summed E-state index contributed by atoms with van der Waals surface area (Å²) in [5.41, 5.74) is 2.95. The average molecular weight is 334 g/mol. The third-order valence-corrected chi connectivity index (χ3v) is 4.34. The van der Waals surface area contributed by atoms with Crippen molar-refractivity contribution in [3.05, 3.63) is 53.1 Å². The second-order valence-corrected chi connectivity index (χ2v) is 6.40. The molecule has 106 valence electrons. The number of rotatable bonds is 2. The molecule has 6 heteroatoms. The molecular formula is C15H12ClN3S2. The first-order valence-corrected chi connectivity index (χ1v) is 7.92. The molecule has 3 rings (SSSR count). The lowest BCUT2D eigenvalue weighted by Gasteiger charge is -2.08. The summed E-state index contributed by atoms with van der Waals surface area (Å²) < 4.78 is 1.03. The third-order valence-electron chi connectivity index (χ3n) is 2.90. The fourth-order valence-electron chi connectivity index (χ4n) is 1.86. The molecule has 0 unspecified atom stereocenters. The van der Waals surface area contributed by atoms with Gasteiger partial charge in [0.15, 0.2) is 10.2 Å². The maximum atomic E-state index is 6.12. The lowest BCUT2D eigenvalue weighted by molar-refractivity contribution is 1.45. The smallest absolute Gasteiger partial charge is 0.190 e. The number of aryl methyl sites for hydroxylation is 1. The Kier molecular flexibility index (Phi) is 4.05. The molecule has 0 fully saturated rings. The van der Waals surface area contributed by atoms with E-state index in [0.717, 1.165) is 21.0 Å². The summed E-state index contributed by atoms with van der Waals surface area (Å²) in [6.07, 6.45) is 0. The van der Waals surface area contributed by atoms with Crippen molar-refractivity contribution in [2.75, 3.05) is 10.6 Å². The first-order chi connectivity index (χ1) is 10.1. The van der Waals surface area contributed by atoms with Crippen LogP contribution in [-0.4, -0.2) is 10.1 Å². The molecule has 2 aromatic carbocycles. The molecule has 0 saturated heterocycles. The Morgan fingerprint density at radius 1 is 1.14 bits per heavy atom. The first-order valence-electron chi connectivity index (χ1n) is 6.31. The minimum Gasteiger partial charge on any atom is -0.332 e. The molecule has 0 amide bonds. The van der Waals surface area contributed by atoms with Crippen LogP contribution in [-0.2, 0) is 0 Å². The Hall–Kier alpha value is -1.69. The molecule has 21 heavy (non-hydrogen) atoms. The van der Waals surface area contributed by atoms with E-state index in [-0.39, 0.29) is 0 Å². The van der Waals surface area contributed by atoms with Gasteiger partial charge >= 0.3 is 0 Å². The van der Waals surface area contributed by atoms with E-state index < -0.39 is 0 Å². The van der Waals surface area contributed by atoms with Crippen LogP contribution in [0, 0.1) is 6.92 Å². The molecular weight excluding hydrogens is 322 g/mol. The maximum absolute atomic E-state index is 6.12. The highest BCUT2D eigenvalue weighted by Gasteiger charge is 2.08. The molecule has 0 spiro atoms. The number of halogens is 1. The Morgan fingerprint density at radius 2 is 1.90 bits per heavy atom. The molecule has 1 heterocycles. The standard InChI is InChI=1S/C15H12ClN3S2/c1-9-5-7-10(8-6-9)17-14(20)19-15-18-13-11(16)3-2-4-12(13)21-15/h2-8H,1H3,(H2,17,18,19,20). The van der Waals surface area contributed by atoms with Gasteiger partial charge in [-0.3, -0.25) is 0 Å². The van der Waals surface area contributed by atoms with Gasteiger partial charge in [0, 0.05) is 5.69 Å². The van der Waals surface area contributed by atoms with Crippen LogP contribution in [0.5, 0.6) is 0 Å². The van der Waals surface area contributed by atoms with Crippen LogP contribution >= 0.6 is 35.2 Å². The zero-order chi connectivity index (χ0) is 14.8. The molecule has 0 aliphatic heterocycles. The van der Waals surface area contributed by atoms with Gasteiger partial charge in [0.1, 0.15) is 5.52 Å². The van der Waals surface area contributed by atoms with Gasteiger partial charge in [0.25, 0.3) is 0 Å². The normalized spacial score (nSPS) is 10.6. The molecule has 0 radical (unpaired) electrons. The van der Waals surface area contributed by atoms with E-state index in [2.05, 4.69) is 15.6 Å². The van der Waals surface area contributed by atoms with E-state index in [0.29, 0.717) is 10.1 Å². The van der Waals surface area contributed by atoms with E-state index in [1.165, 1.54) is 16.9 Å². The largest absolute Gasteiger partial charge is 0.332 e. The maximum Gasteiger partial charge on any atom is 0.190 e. The molecule has 0 aliphatic rings. The highest BCUT2D eigenvalue weighted by molar-refractivity contribution is 7.80. The number of thiazole rings is 1. The van der Waals surface area contributed by atoms with Crippen molar-refractivity contribution in [3.8, 4) is 0 Å². The van der Waals surface area contributed by atoms with Crippen molar-refractivity contribution in [1.29, 1.82) is 0 Å². The van der Waals surface area contributed by atoms with E-state index >= 15 is 0 Å². The second kappa shape index (κ2) is 5.97. The summed E-state index contributed by atoms with van der Waals surface area (Å²) in [6, 6.07) is 13.8. The van der Waals surface area contributed by atoms with Gasteiger partial charge in [-0.05, 0) is 43.4 Å². The Bertz CT molecular complexity index is 796. The molecule has 0 aliphatic carbocycles. The predicted molar refractivity (Wildman–Crippen MR) is 95.7 cm³/mol. The lowest BCUT2D eigenvalue weighted by atomic mass is 10.2. The molecule has 0 atom stereocenters. The zero-order valence-electron chi connectivity index (χ0n) is 11.2. The van der Waals surface area contributed by atoms with Crippen molar-refractivity contribution in [3.63, 3.8) is 0 Å². The minimum absolute atomic E-state index is 0.508. The molecule has 2 N–H and O–H groups in total. The van der Waals surface area contributed by atoms with E-state index in [1.54, 1.807) is 0 Å². The van der Waals surface area contributed by atoms with Crippen LogP contribution in [0.2, 0.25) is 5.02 Å². The number of thiocarbonyl (C=S) groups is 1. The van der Waals surface area contributed by atoms with Gasteiger partial charge in [-0.1, -0.05) is 46.7 Å². The number of benzene rings is 2. The summed E-state index contributed by atoms with van der Waals surface area (Å²) in [4.78, 5) is 4.46. The van der Waals surface area contributed by atoms with Gasteiger partial charge in [-0.2, -0.15) is 0 Å². The lowest BCUT2D eigenvalue weighted by Crippen LogP contribution is -2.18. The van der Waals surface area contributed by atoms with Crippen LogP contribution < -0.4 is 10.6 Å². The van der Waals surface area contributed by atoms with E-state index in [9.17, 15) is 0 Å². The Morgan fingerprint density at radius 3 is 2.62 bits per heavy atom. The summed E-state index contributed by atoms with van der Waals surface area (Å²) in [5.74, 6) is 0. The average Bonchev–Trinajstić information content (AvgIpc) is 2.85. The SMILES string of the molecule is Cc1ccc(NC(=S)Nc2nc3c(Cl)cccc3s2)cc1. The van der Waals surface area contributed by atoms with Crippen molar-refractivity contribution >= 4 is 61.3 Å². The molecule has 1 aromatic heterocycles. The van der Waals surface area contributed by atoms with Crippen LogP contribution in [0.25, 0.3) is 10.2 Å². The fraction of sp³-hybridized carbons (Fsp3) is 0.0667. The number of para-hydroxylation sites is 1. The molecule has 3 aromatic rings. The zero-order valence-corrected chi connectivity index (χ0v) is 13.6. The number of anilines is 2. The van der Waals surface area contributed by atoms with Gasteiger partial charge in [0.05, 0.1) is 9.72 Å². The van der Waals surface area contributed by atoms with Crippen LogP contribution in [0.4, 0.5) is 10.8 Å². The Balaban J connectivity index is 1.74. The van der Waals surface area contributed by atoms with Crippen LogP contribution in [0.3, 0.4) is 0 Å². The summed E-state index contributed by atoms with van der Waals surface area (Å²) in [7, 11) is 0. The summed E-state index contributed by atoms with van der Waals surface area (Å²) in [5, 5.41) is 8.10. The van der Waals surface area contributed by atoms with Gasteiger partial charge in [0.2, 0.25) is 0 Å². The van der Waals surface area contributed by atoms with Gasteiger partial charge < -0.3 is 10.6 Å². The quantitative estimate of drug-likeness (QED) is 0.642. The Labute approximate surface area is 137 Å². The molecule has 0 bridgehead atoms. The predicted octanol–water partition coefficient (Wildman–Crippen LogP) is 5.07. The van der Waals surface area contributed by atoms with Crippen LogP contribution in [0.15, 0.2) is 42.5 Å². The summed E-state index contributed by atoms with van der Waals surface area (Å²) >= 11 is 12.9. The number of hydrogen-bond donors (Lipinski definition) is 2. The van der Waals surface area contributed by atoms with Gasteiger partial charge in [-0.25, -0.2) is 4.98 Å². The number of hydrogen-bond acceptors (Lipinski definition) is 3. The van der Waals surface area contributed by atoms with Crippen molar-refractivity contribution in [2.24, 2.45) is 0 Å². The third kappa shape index (κ3) is 3.32. The second-order valence-electron chi connectivity index (χ2n) is 4.55. The minimum atomic E-state index is 0.508. The van der Waals surface area contributed by atoms with Gasteiger partial charge in [-0.15, -0.1) is 0 Å². The van der Waals surface area contributed by atoms with Crippen molar-refractivity contribution in [2.45, 2.75) is 6.92 Å². The van der Waals surface area contributed by atoms with Crippen molar-refractivity contribution < 1.29 is 0 Å². The highest BCUT2D eigenvalue weighted by Crippen LogP contribution is 2.30. The number of nitrogens with one attached hydrogen (secondary N) is 2. The number of nitrogens with zero attached hydrogens (tertiary/aromatic N) is 1. The highest BCUT2D eigenvalue weighted by atomic mass is 35.5. The number of fused-ring (bicyclic) bond motifs is 1. The fourth-order valence-corrected chi connectivity index (χ4v) is 3.31. The van der Waals surface area contributed by atoms with E-state index in [4.69, 9.17) is 23.8 Å². The number of aromatic nitrogens is 1. The first kappa shape index (κ1) is 14.3. The summed E-state index contributed by atoms with van der Waals surface area (Å²) in [6.45, 7) is 2.05. The monoisotopic (exact) mass is 333 g/mol. The topological polar surface area (TPSA) is 37.0 Å². The van der Waals surface area contributed by atoms with E-state index in [1.807, 2.05) is 49.4 Å². The molecule has 0 saturated carbocycles. The molecule has 3 nitrogen and oxygen atoms in total. The van der Waals surface area contributed by atoms with Crippen molar-refractivity contribution in [1.82, 2.24) is 4.98 Å². The van der Waals surface area contributed by atoms with Crippen LogP contribution in [0.1, 0.15) is 5.56 Å².